The number of thiazole rings is 1. The number of aromatic nitrogens is 2. The molecule has 4 atom stereocenters. The van der Waals surface area contributed by atoms with Crippen molar-refractivity contribution >= 4 is 23.2 Å². The lowest BCUT2D eigenvalue weighted by Crippen LogP contribution is -2.49. The average Bonchev–Trinajstić information content (AvgIpc) is 3.73. The van der Waals surface area contributed by atoms with E-state index in [4.69, 9.17) is 9.26 Å². The molecule has 11 heteroatoms. The maximum absolute atomic E-state index is 14.0. The lowest BCUT2D eigenvalue weighted by atomic mass is 9.62. The fourth-order valence-corrected chi connectivity index (χ4v) is 7.93. The number of nitrogens with zero attached hydrogens (tertiary/aromatic N) is 3. The second-order valence-corrected chi connectivity index (χ2v) is 14.1. The van der Waals surface area contributed by atoms with Gasteiger partial charge in [-0.2, -0.15) is 0 Å². The monoisotopic (exact) mass is 621 g/mol. The van der Waals surface area contributed by atoms with Gasteiger partial charge < -0.3 is 29.9 Å². The van der Waals surface area contributed by atoms with Crippen LogP contribution in [0.2, 0.25) is 0 Å². The molecule has 2 aromatic heterocycles. The number of benzene rings is 1. The molecule has 4 heterocycles. The van der Waals surface area contributed by atoms with Gasteiger partial charge in [-0.05, 0) is 80.2 Å². The molecule has 2 saturated heterocycles. The number of aliphatic hydroxyl groups excluding tert-OH is 1. The minimum atomic E-state index is -0.783. The average molecular weight is 622 g/mol. The summed E-state index contributed by atoms with van der Waals surface area (Å²) in [5, 5.41) is 21.2. The number of β-amino-alcohol motifs (C(OH)–C–C–N with tert-alkyl or cyclic N) is 1. The Bertz CT molecular complexity index is 1460. The first kappa shape index (κ1) is 30.7. The molecule has 1 saturated carbocycles. The summed E-state index contributed by atoms with van der Waals surface area (Å²) in [5.74, 6) is -0.502. The highest BCUT2D eigenvalue weighted by Gasteiger charge is 2.47. The third kappa shape index (κ3) is 6.27. The van der Waals surface area contributed by atoms with Crippen LogP contribution >= 0.6 is 11.3 Å². The standard InChI is InChI=1S/C33H43N5O5S/c1-19(2)29(27-14-28(37-43-27)42-25-15-33(16-25)9-11-34-12-10-33)32(41)38-17-24(39)13-26(38)31(40)36-20(3)22-5-7-23(8-6-22)30-21(4)35-18-44-30/h5-8,14,18-20,24-26,29,34,39H,9-13,15-17H2,1-4H3,(H,36,40)/t20-,24+,26-,29-/m0/s1. The van der Waals surface area contributed by atoms with E-state index in [9.17, 15) is 14.7 Å². The molecule has 2 amide bonds. The van der Waals surface area contributed by atoms with E-state index < -0.39 is 18.1 Å². The molecule has 2 aliphatic heterocycles. The SMILES string of the molecule is Cc1ncsc1-c1ccc([C@H](C)NC(=O)[C@@H]2C[C@@H](O)CN2C(=O)[C@H](c2cc(OC3CC4(CCNCC4)C3)no2)C(C)C)cc1. The Balaban J connectivity index is 1.10. The van der Waals surface area contributed by atoms with E-state index in [1.54, 1.807) is 17.4 Å². The number of aryl methyl sites for hydroxylation is 1. The largest absolute Gasteiger partial charge is 0.472 e. The predicted molar refractivity (Wildman–Crippen MR) is 167 cm³/mol. The molecule has 6 rings (SSSR count). The van der Waals surface area contributed by atoms with E-state index in [0.29, 0.717) is 17.1 Å². The summed E-state index contributed by atoms with van der Waals surface area (Å²) in [6.45, 7) is 10.0. The van der Waals surface area contributed by atoms with Crippen molar-refractivity contribution in [1.82, 2.24) is 25.7 Å². The van der Waals surface area contributed by atoms with Gasteiger partial charge in [-0.3, -0.25) is 9.59 Å². The van der Waals surface area contributed by atoms with Gasteiger partial charge in [-0.25, -0.2) is 4.98 Å². The van der Waals surface area contributed by atoms with Gasteiger partial charge >= 0.3 is 0 Å². The van der Waals surface area contributed by atoms with Crippen LogP contribution in [0.5, 0.6) is 5.88 Å². The maximum atomic E-state index is 14.0. The normalized spacial score (nSPS) is 23.0. The van der Waals surface area contributed by atoms with Gasteiger partial charge in [-0.1, -0.05) is 38.1 Å². The van der Waals surface area contributed by atoms with Crippen molar-refractivity contribution in [2.75, 3.05) is 19.6 Å². The topological polar surface area (TPSA) is 130 Å². The fraction of sp³-hybridized carbons (Fsp3) is 0.576. The van der Waals surface area contributed by atoms with Crippen LogP contribution in [0.1, 0.15) is 81.9 Å². The van der Waals surface area contributed by atoms with E-state index in [2.05, 4.69) is 20.8 Å². The summed E-state index contributed by atoms with van der Waals surface area (Å²) in [5.41, 5.74) is 5.25. The van der Waals surface area contributed by atoms with Crippen molar-refractivity contribution in [2.24, 2.45) is 11.3 Å². The van der Waals surface area contributed by atoms with Gasteiger partial charge in [0.1, 0.15) is 18.1 Å². The Morgan fingerprint density at radius 1 is 1.18 bits per heavy atom. The van der Waals surface area contributed by atoms with E-state index in [1.165, 1.54) is 17.7 Å². The van der Waals surface area contributed by atoms with E-state index in [1.807, 2.05) is 57.5 Å². The van der Waals surface area contributed by atoms with Crippen LogP contribution in [0.4, 0.5) is 0 Å². The summed E-state index contributed by atoms with van der Waals surface area (Å²) >= 11 is 1.60. The number of carbonyl (C=O) groups excluding carboxylic acids is 2. The van der Waals surface area contributed by atoms with Gasteiger partial charge in [0.2, 0.25) is 11.8 Å². The molecule has 1 aromatic carbocycles. The Hall–Kier alpha value is -3.28. The highest BCUT2D eigenvalue weighted by atomic mass is 32.1. The Kier molecular flexibility index (Phi) is 8.81. The number of hydrogen-bond acceptors (Lipinski definition) is 9. The molecular weight excluding hydrogens is 578 g/mol. The number of ether oxygens (including phenoxy) is 1. The first-order chi connectivity index (χ1) is 21.1. The smallest absolute Gasteiger partial charge is 0.254 e. The minimum Gasteiger partial charge on any atom is -0.472 e. The summed E-state index contributed by atoms with van der Waals surface area (Å²) in [6.07, 6.45) is 3.89. The van der Waals surface area contributed by atoms with Gasteiger partial charge in [-0.15, -0.1) is 11.3 Å². The van der Waals surface area contributed by atoms with Gasteiger partial charge in [0.25, 0.3) is 5.88 Å². The number of likely N-dealkylation sites (tertiary alicyclic amines) is 1. The maximum Gasteiger partial charge on any atom is 0.254 e. The molecule has 3 aliphatic rings. The van der Waals surface area contributed by atoms with Gasteiger partial charge in [0.15, 0.2) is 5.76 Å². The summed E-state index contributed by atoms with van der Waals surface area (Å²) in [4.78, 5) is 34.5. The molecule has 10 nitrogen and oxygen atoms in total. The van der Waals surface area contributed by atoms with Crippen LogP contribution < -0.4 is 15.4 Å². The summed E-state index contributed by atoms with van der Waals surface area (Å²) < 4.78 is 11.8. The number of rotatable bonds is 9. The third-order valence-corrected chi connectivity index (χ3v) is 10.6. The van der Waals surface area contributed by atoms with E-state index >= 15 is 0 Å². The van der Waals surface area contributed by atoms with E-state index in [-0.39, 0.29) is 42.8 Å². The highest BCUT2D eigenvalue weighted by molar-refractivity contribution is 7.13. The van der Waals surface area contributed by atoms with Crippen molar-refractivity contribution in [3.8, 4) is 16.3 Å². The summed E-state index contributed by atoms with van der Waals surface area (Å²) in [7, 11) is 0. The Morgan fingerprint density at radius 2 is 1.91 bits per heavy atom. The fourth-order valence-electron chi connectivity index (χ4n) is 7.11. The number of piperidine rings is 1. The first-order valence-electron chi connectivity index (χ1n) is 15.8. The van der Waals surface area contributed by atoms with Gasteiger partial charge in [0.05, 0.1) is 28.2 Å². The molecule has 44 heavy (non-hydrogen) atoms. The number of nitrogens with one attached hydrogen (secondary N) is 2. The van der Waals surface area contributed by atoms with Crippen LogP contribution in [0, 0.1) is 18.3 Å². The first-order valence-corrected chi connectivity index (χ1v) is 16.6. The van der Waals surface area contributed by atoms with Crippen LogP contribution in [-0.4, -0.2) is 69.8 Å². The zero-order chi connectivity index (χ0) is 31.0. The lowest BCUT2D eigenvalue weighted by molar-refractivity contribution is -0.141. The van der Waals surface area contributed by atoms with Crippen molar-refractivity contribution in [3.63, 3.8) is 0 Å². The van der Waals surface area contributed by atoms with Crippen LogP contribution in [-0.2, 0) is 9.59 Å². The zero-order valence-electron chi connectivity index (χ0n) is 25.9. The second kappa shape index (κ2) is 12.6. The number of aliphatic hydroxyl groups is 1. The lowest BCUT2D eigenvalue weighted by Gasteiger charge is -2.49. The third-order valence-electron chi connectivity index (χ3n) is 9.66. The Morgan fingerprint density at radius 3 is 2.57 bits per heavy atom. The number of amides is 2. The molecule has 236 valence electrons. The van der Waals surface area contributed by atoms with Crippen molar-refractivity contribution in [3.05, 3.63) is 52.9 Å². The molecular formula is C33H43N5O5S. The molecule has 0 unspecified atom stereocenters. The minimum absolute atomic E-state index is 0.0912. The molecule has 0 bridgehead atoms. The Labute approximate surface area is 262 Å². The quantitative estimate of drug-likeness (QED) is 0.316. The van der Waals surface area contributed by atoms with Gasteiger partial charge in [0, 0.05) is 19.0 Å². The van der Waals surface area contributed by atoms with Crippen molar-refractivity contribution < 1.29 is 24.0 Å². The summed E-state index contributed by atoms with van der Waals surface area (Å²) in [6, 6.07) is 8.73. The van der Waals surface area contributed by atoms with Crippen molar-refractivity contribution in [2.45, 2.75) is 90.0 Å². The number of carbonyl (C=O) groups is 2. The van der Waals surface area contributed by atoms with Crippen molar-refractivity contribution in [1.29, 1.82) is 0 Å². The highest BCUT2D eigenvalue weighted by Crippen LogP contribution is 2.49. The molecule has 3 aromatic rings. The predicted octanol–water partition coefficient (Wildman–Crippen LogP) is 4.60. The second-order valence-electron chi connectivity index (χ2n) is 13.2. The van der Waals surface area contributed by atoms with E-state index in [0.717, 1.165) is 47.6 Å². The van der Waals surface area contributed by atoms with Crippen LogP contribution in [0.3, 0.4) is 0 Å². The van der Waals surface area contributed by atoms with Crippen LogP contribution in [0.25, 0.3) is 10.4 Å². The molecule has 3 fully saturated rings. The molecule has 3 N–H and O–H groups in total. The number of hydrogen-bond donors (Lipinski definition) is 3. The molecule has 1 spiro atoms. The molecule has 0 radical (unpaired) electrons. The molecule has 1 aliphatic carbocycles. The zero-order valence-corrected chi connectivity index (χ0v) is 26.7. The van der Waals surface area contributed by atoms with Crippen LogP contribution in [0.15, 0.2) is 40.4 Å².